The Labute approximate surface area is 223 Å². The summed E-state index contributed by atoms with van der Waals surface area (Å²) in [7, 11) is 0. The molecule has 2 fully saturated rings. The molecule has 1 aromatic carbocycles. The number of fused-ring (bicyclic) bond motifs is 1. The van der Waals surface area contributed by atoms with E-state index in [2.05, 4.69) is 24.8 Å². The molecular weight excluding hydrogens is 510 g/mol. The molecule has 0 aliphatic carbocycles. The minimum atomic E-state index is -0.189. The van der Waals surface area contributed by atoms with Gasteiger partial charge < -0.3 is 15.4 Å². The molecule has 2 saturated heterocycles. The molecule has 0 amide bonds. The lowest BCUT2D eigenvalue weighted by Gasteiger charge is -2.41. The van der Waals surface area contributed by atoms with Gasteiger partial charge in [-0.2, -0.15) is 0 Å². The van der Waals surface area contributed by atoms with Crippen molar-refractivity contribution in [2.75, 3.05) is 31.2 Å². The van der Waals surface area contributed by atoms with Gasteiger partial charge in [-0.25, -0.2) is 15.0 Å². The van der Waals surface area contributed by atoms with E-state index in [1.165, 1.54) is 11.8 Å². The van der Waals surface area contributed by atoms with E-state index in [0.29, 0.717) is 34.1 Å². The van der Waals surface area contributed by atoms with Gasteiger partial charge in [0.05, 0.1) is 54.4 Å². The van der Waals surface area contributed by atoms with Crippen LogP contribution in [-0.4, -0.2) is 56.8 Å². The van der Waals surface area contributed by atoms with Gasteiger partial charge >= 0.3 is 0 Å². The average molecular weight is 536 g/mol. The molecule has 0 unspecified atom stereocenters. The fraction of sp³-hybridized carbons (Fsp3) is 0.346. The van der Waals surface area contributed by atoms with Crippen LogP contribution in [0.5, 0.6) is 0 Å². The van der Waals surface area contributed by atoms with E-state index < -0.39 is 0 Å². The first-order valence-corrected chi connectivity index (χ1v) is 13.4. The van der Waals surface area contributed by atoms with Crippen LogP contribution in [0.4, 0.5) is 5.82 Å². The van der Waals surface area contributed by atoms with E-state index in [9.17, 15) is 4.79 Å². The quantitative estimate of drug-likeness (QED) is 0.411. The van der Waals surface area contributed by atoms with Crippen LogP contribution in [0.2, 0.25) is 5.02 Å². The van der Waals surface area contributed by atoms with E-state index >= 15 is 0 Å². The third-order valence-corrected chi connectivity index (χ3v) is 8.87. The highest BCUT2D eigenvalue weighted by molar-refractivity contribution is 7.99. The summed E-state index contributed by atoms with van der Waals surface area (Å²) in [6.45, 7) is 3.56. The highest BCUT2D eigenvalue weighted by Crippen LogP contribution is 2.40. The van der Waals surface area contributed by atoms with Crippen LogP contribution in [0, 0.1) is 5.41 Å². The summed E-state index contributed by atoms with van der Waals surface area (Å²) in [5, 5.41) is 1.46. The average Bonchev–Trinajstić information content (AvgIpc) is 3.27. The van der Waals surface area contributed by atoms with E-state index in [1.54, 1.807) is 35.7 Å². The zero-order chi connectivity index (χ0) is 25.4. The van der Waals surface area contributed by atoms with Crippen LogP contribution in [-0.2, 0) is 11.3 Å². The van der Waals surface area contributed by atoms with Gasteiger partial charge in [0.25, 0.3) is 5.56 Å². The Morgan fingerprint density at radius 1 is 1.11 bits per heavy atom. The minimum Gasteiger partial charge on any atom is -0.379 e. The maximum Gasteiger partial charge on any atom is 0.263 e. The van der Waals surface area contributed by atoms with Crippen LogP contribution in [0.3, 0.4) is 0 Å². The number of nitrogens with two attached hydrogens (primary N) is 1. The first kappa shape index (κ1) is 24.3. The zero-order valence-corrected chi connectivity index (χ0v) is 21.7. The van der Waals surface area contributed by atoms with Crippen molar-refractivity contribution in [2.45, 2.75) is 35.3 Å². The summed E-state index contributed by atoms with van der Waals surface area (Å²) in [6.07, 6.45) is 10.5. The fourth-order valence-corrected chi connectivity index (χ4v) is 6.19. The number of anilines is 1. The number of aromatic nitrogens is 5. The number of rotatable bonds is 5. The fourth-order valence-electron chi connectivity index (χ4n) is 5.07. The Balaban J connectivity index is 1.19. The Kier molecular flexibility index (Phi) is 6.58. The number of hydrogen-bond acceptors (Lipinski definition) is 9. The van der Waals surface area contributed by atoms with Crippen molar-refractivity contribution in [2.24, 2.45) is 11.1 Å². The van der Waals surface area contributed by atoms with E-state index in [1.807, 2.05) is 24.3 Å². The monoisotopic (exact) mass is 535 g/mol. The number of halogens is 1. The third-order valence-electron chi connectivity index (χ3n) is 7.38. The number of nitrogens with zero attached hydrogens (tertiary/aromatic N) is 6. The number of ether oxygens (including phenoxy) is 1. The van der Waals surface area contributed by atoms with Gasteiger partial charge in [0, 0.05) is 41.8 Å². The molecule has 190 valence electrons. The van der Waals surface area contributed by atoms with Gasteiger partial charge in [0.1, 0.15) is 10.8 Å². The summed E-state index contributed by atoms with van der Waals surface area (Å²) >= 11 is 8.11. The van der Waals surface area contributed by atoms with Crippen molar-refractivity contribution in [3.63, 3.8) is 0 Å². The second-order valence-electron chi connectivity index (χ2n) is 9.59. The molecule has 0 radical (unpaired) electrons. The second-order valence-corrected chi connectivity index (χ2v) is 11.0. The van der Waals surface area contributed by atoms with Crippen molar-refractivity contribution in [1.82, 2.24) is 24.5 Å². The minimum absolute atomic E-state index is 0.0955. The van der Waals surface area contributed by atoms with Crippen LogP contribution in [0.25, 0.3) is 10.9 Å². The molecule has 2 N–H and O–H groups in total. The normalized spacial score (nSPS) is 19.1. The molecule has 6 rings (SSSR count). The molecule has 0 saturated carbocycles. The number of pyridine rings is 1. The van der Waals surface area contributed by atoms with Gasteiger partial charge in [-0.05, 0) is 42.7 Å². The maximum atomic E-state index is 13.3. The number of piperidine rings is 1. The van der Waals surface area contributed by atoms with Gasteiger partial charge in [-0.3, -0.25) is 14.3 Å². The summed E-state index contributed by atoms with van der Waals surface area (Å²) in [5.74, 6) is 0.847. The smallest absolute Gasteiger partial charge is 0.263 e. The molecular formula is C26H26ClN7O2S. The third kappa shape index (κ3) is 4.70. The van der Waals surface area contributed by atoms with Crippen molar-refractivity contribution in [3.8, 4) is 0 Å². The molecule has 2 aliphatic heterocycles. The molecule has 0 bridgehead atoms. The van der Waals surface area contributed by atoms with Crippen LogP contribution in [0.1, 0.15) is 18.4 Å². The Morgan fingerprint density at radius 2 is 1.92 bits per heavy atom. The predicted molar refractivity (Wildman–Crippen MR) is 143 cm³/mol. The summed E-state index contributed by atoms with van der Waals surface area (Å²) in [5.41, 5.74) is 7.73. The summed E-state index contributed by atoms with van der Waals surface area (Å²) < 4.78 is 7.18. The zero-order valence-electron chi connectivity index (χ0n) is 20.1. The SMILES string of the molecule is N[C@@H]1COCC12CCN(c1cnc(Sc3ccc4ncn(Cc5ccncc5)c(=O)c4c3Cl)cn1)CC2. The summed E-state index contributed by atoms with van der Waals surface area (Å²) in [4.78, 5) is 34.0. The Bertz CT molecular complexity index is 1470. The van der Waals surface area contributed by atoms with Crippen molar-refractivity contribution >= 4 is 40.1 Å². The molecule has 37 heavy (non-hydrogen) atoms. The largest absolute Gasteiger partial charge is 0.379 e. The second kappa shape index (κ2) is 10.0. The lowest BCUT2D eigenvalue weighted by atomic mass is 9.75. The molecule has 2 aliphatic rings. The van der Waals surface area contributed by atoms with Crippen LogP contribution < -0.4 is 16.2 Å². The standard InChI is InChI=1S/C26H26ClN7O2S/c27-24-19(2-1-18-23(24)25(35)34(16-32-18)13-17-3-7-29-8-4-17)37-22-12-30-21(11-31-22)33-9-5-26(6-10-33)15-36-14-20(26)28/h1-4,7-8,11-12,16,20H,5-6,9-10,13-15,28H2/t20-/m1/s1. The lowest BCUT2D eigenvalue weighted by Crippen LogP contribution is -2.49. The van der Waals surface area contributed by atoms with Crippen LogP contribution in [0.15, 0.2) is 70.1 Å². The van der Waals surface area contributed by atoms with Crippen LogP contribution >= 0.6 is 23.4 Å². The van der Waals surface area contributed by atoms with E-state index in [4.69, 9.17) is 22.1 Å². The Morgan fingerprint density at radius 3 is 2.62 bits per heavy atom. The lowest BCUT2D eigenvalue weighted by molar-refractivity contribution is 0.131. The maximum absolute atomic E-state index is 13.3. The van der Waals surface area contributed by atoms with E-state index in [-0.39, 0.29) is 17.0 Å². The molecule has 1 spiro atoms. The van der Waals surface area contributed by atoms with Gasteiger partial charge in [-0.1, -0.05) is 23.4 Å². The number of hydrogen-bond donors (Lipinski definition) is 1. The molecule has 11 heteroatoms. The Hall–Kier alpha value is -3.05. The number of benzene rings is 1. The summed E-state index contributed by atoms with van der Waals surface area (Å²) in [6, 6.07) is 7.52. The van der Waals surface area contributed by atoms with Crippen molar-refractivity contribution in [3.05, 3.63) is 76.3 Å². The van der Waals surface area contributed by atoms with Gasteiger partial charge in [-0.15, -0.1) is 0 Å². The van der Waals surface area contributed by atoms with E-state index in [0.717, 1.165) is 48.8 Å². The molecule has 5 heterocycles. The topological polar surface area (TPSA) is 112 Å². The highest BCUT2D eigenvalue weighted by atomic mass is 35.5. The first-order chi connectivity index (χ1) is 18.0. The van der Waals surface area contributed by atoms with Gasteiger partial charge in [0.2, 0.25) is 0 Å². The molecule has 3 aromatic heterocycles. The molecule has 1 atom stereocenters. The van der Waals surface area contributed by atoms with Gasteiger partial charge in [0.15, 0.2) is 0 Å². The van der Waals surface area contributed by atoms with Crippen molar-refractivity contribution < 1.29 is 4.74 Å². The highest BCUT2D eigenvalue weighted by Gasteiger charge is 2.44. The predicted octanol–water partition coefficient (Wildman–Crippen LogP) is 3.38. The molecule has 4 aromatic rings. The molecule has 9 nitrogen and oxygen atoms in total. The first-order valence-electron chi connectivity index (χ1n) is 12.2. The van der Waals surface area contributed by atoms with Crippen molar-refractivity contribution in [1.29, 1.82) is 0 Å².